The molecule has 0 bridgehead atoms. The lowest BCUT2D eigenvalue weighted by atomic mass is 10.1. The number of nitrogens with one attached hydrogen (secondary N) is 1. The van der Waals surface area contributed by atoms with E-state index in [0.717, 1.165) is 31.6 Å². The minimum atomic E-state index is -0.377. The molecule has 0 aliphatic heterocycles. The molecule has 1 N–H and O–H groups in total. The number of hydrogen-bond donors (Lipinski definition) is 1. The van der Waals surface area contributed by atoms with Gasteiger partial charge in [-0.3, -0.25) is 14.2 Å². The maximum Gasteiger partial charge on any atom is 0.262 e. The number of thioether (sulfide) groups is 1. The predicted octanol–water partition coefficient (Wildman–Crippen LogP) is 4.23. The summed E-state index contributed by atoms with van der Waals surface area (Å²) >= 11 is 1.34. The van der Waals surface area contributed by atoms with Gasteiger partial charge in [0.1, 0.15) is 0 Å². The normalized spacial score (nSPS) is 12.3. The zero-order valence-corrected chi connectivity index (χ0v) is 20.8. The molecule has 3 rings (SSSR count). The average molecular weight is 467 g/mol. The molecule has 0 aliphatic rings. The Hall–Kier alpha value is -2.64. The van der Waals surface area contributed by atoms with Crippen molar-refractivity contribution >= 4 is 28.6 Å². The first-order valence-corrected chi connectivity index (χ1v) is 12.5. The lowest BCUT2D eigenvalue weighted by Crippen LogP contribution is -2.32. The quantitative estimate of drug-likeness (QED) is 0.338. The third-order valence-corrected chi connectivity index (χ3v) is 6.91. The second kappa shape index (κ2) is 12.0. The molecule has 0 saturated heterocycles. The minimum Gasteiger partial charge on any atom is -0.351 e. The monoisotopic (exact) mass is 466 g/mol. The van der Waals surface area contributed by atoms with Crippen LogP contribution in [-0.2, 0) is 17.9 Å². The summed E-state index contributed by atoms with van der Waals surface area (Å²) in [4.78, 5) is 33.1. The summed E-state index contributed by atoms with van der Waals surface area (Å²) in [6.45, 7) is 12.1. The summed E-state index contributed by atoms with van der Waals surface area (Å²) in [6.07, 6.45) is 0.850. The Morgan fingerprint density at radius 2 is 1.82 bits per heavy atom. The van der Waals surface area contributed by atoms with Crippen LogP contribution in [0.1, 0.15) is 38.3 Å². The van der Waals surface area contributed by atoms with Crippen molar-refractivity contribution in [3.8, 4) is 0 Å². The van der Waals surface area contributed by atoms with Gasteiger partial charge in [-0.25, -0.2) is 4.98 Å². The zero-order valence-electron chi connectivity index (χ0n) is 20.0. The molecule has 0 spiro atoms. The van der Waals surface area contributed by atoms with E-state index in [4.69, 9.17) is 4.98 Å². The highest BCUT2D eigenvalue weighted by atomic mass is 32.2. The number of nitrogens with zero attached hydrogens (tertiary/aromatic N) is 3. The van der Waals surface area contributed by atoms with Gasteiger partial charge in [-0.05, 0) is 57.6 Å². The van der Waals surface area contributed by atoms with Crippen LogP contribution in [0.5, 0.6) is 0 Å². The van der Waals surface area contributed by atoms with Crippen LogP contribution in [0, 0.1) is 6.92 Å². The second-order valence-corrected chi connectivity index (χ2v) is 9.52. The molecule has 0 radical (unpaired) electrons. The van der Waals surface area contributed by atoms with E-state index in [9.17, 15) is 9.59 Å². The van der Waals surface area contributed by atoms with Crippen molar-refractivity contribution < 1.29 is 4.79 Å². The fourth-order valence-corrected chi connectivity index (χ4v) is 4.64. The van der Waals surface area contributed by atoms with Crippen molar-refractivity contribution in [2.75, 3.05) is 19.6 Å². The molecular weight excluding hydrogens is 432 g/mol. The van der Waals surface area contributed by atoms with Gasteiger partial charge in [0, 0.05) is 13.1 Å². The topological polar surface area (TPSA) is 67.2 Å². The van der Waals surface area contributed by atoms with E-state index in [1.54, 1.807) is 4.57 Å². The fraction of sp³-hybridized carbons (Fsp3) is 0.423. The number of aryl methyl sites for hydroxylation is 1. The molecule has 0 unspecified atom stereocenters. The van der Waals surface area contributed by atoms with Gasteiger partial charge in [0.25, 0.3) is 5.56 Å². The van der Waals surface area contributed by atoms with Crippen LogP contribution in [0.3, 0.4) is 0 Å². The Balaban J connectivity index is 1.75. The van der Waals surface area contributed by atoms with Gasteiger partial charge in [0.2, 0.25) is 5.91 Å². The maximum atomic E-state index is 13.2. The third kappa shape index (κ3) is 6.68. The van der Waals surface area contributed by atoms with Crippen LogP contribution >= 0.6 is 11.8 Å². The Labute approximate surface area is 200 Å². The predicted molar refractivity (Wildman–Crippen MR) is 137 cm³/mol. The van der Waals surface area contributed by atoms with Gasteiger partial charge in [0.05, 0.1) is 16.2 Å². The number of fused-ring (bicyclic) bond motifs is 1. The molecule has 1 aromatic heterocycles. The van der Waals surface area contributed by atoms with Crippen LogP contribution in [0.25, 0.3) is 10.9 Å². The Morgan fingerprint density at radius 1 is 1.12 bits per heavy atom. The van der Waals surface area contributed by atoms with Crippen LogP contribution < -0.4 is 10.9 Å². The number of benzene rings is 2. The largest absolute Gasteiger partial charge is 0.351 e. The van der Waals surface area contributed by atoms with Gasteiger partial charge in [0.15, 0.2) is 5.16 Å². The van der Waals surface area contributed by atoms with Crippen molar-refractivity contribution in [2.45, 2.75) is 57.6 Å². The lowest BCUT2D eigenvalue weighted by Gasteiger charge is -2.20. The Morgan fingerprint density at radius 3 is 2.52 bits per heavy atom. The number of para-hydroxylation sites is 1. The van der Waals surface area contributed by atoms with Crippen molar-refractivity contribution in [3.05, 3.63) is 70.0 Å². The van der Waals surface area contributed by atoms with Crippen molar-refractivity contribution in [3.63, 3.8) is 0 Å². The summed E-state index contributed by atoms with van der Waals surface area (Å²) in [5.41, 5.74) is 2.87. The molecule has 6 nitrogen and oxygen atoms in total. The van der Waals surface area contributed by atoms with E-state index < -0.39 is 0 Å². The van der Waals surface area contributed by atoms with Crippen molar-refractivity contribution in [2.24, 2.45) is 0 Å². The summed E-state index contributed by atoms with van der Waals surface area (Å²) < 4.78 is 1.74. The van der Waals surface area contributed by atoms with Crippen LogP contribution in [-0.4, -0.2) is 45.2 Å². The minimum absolute atomic E-state index is 0.0464. The van der Waals surface area contributed by atoms with Gasteiger partial charge in [-0.2, -0.15) is 0 Å². The van der Waals surface area contributed by atoms with E-state index in [1.807, 2.05) is 62.4 Å². The highest BCUT2D eigenvalue weighted by molar-refractivity contribution is 8.00. The molecule has 0 saturated carbocycles. The van der Waals surface area contributed by atoms with E-state index in [1.165, 1.54) is 17.3 Å². The van der Waals surface area contributed by atoms with E-state index in [-0.39, 0.29) is 16.7 Å². The summed E-state index contributed by atoms with van der Waals surface area (Å²) in [6, 6.07) is 15.5. The number of carbonyl (C=O) groups is 1. The average Bonchev–Trinajstić information content (AvgIpc) is 2.83. The highest BCUT2D eigenvalue weighted by Gasteiger charge is 2.19. The van der Waals surface area contributed by atoms with Gasteiger partial charge < -0.3 is 10.2 Å². The summed E-state index contributed by atoms with van der Waals surface area (Å²) in [5, 5.41) is 3.83. The summed E-state index contributed by atoms with van der Waals surface area (Å²) in [7, 11) is 0. The number of hydrogen-bond acceptors (Lipinski definition) is 5. The molecule has 2 aromatic carbocycles. The molecule has 0 aliphatic carbocycles. The van der Waals surface area contributed by atoms with Gasteiger partial charge in [-0.1, -0.05) is 67.6 Å². The first kappa shape index (κ1) is 25.0. The SMILES string of the molecule is CCN(CC)CCCn1c(S[C@H](C)C(=O)NCc2ccc(C)cc2)nc2ccccc2c1=O. The number of rotatable bonds is 11. The molecule has 176 valence electrons. The van der Waals surface area contributed by atoms with Crippen molar-refractivity contribution in [1.82, 2.24) is 19.8 Å². The molecule has 7 heteroatoms. The molecule has 1 heterocycles. The number of carbonyl (C=O) groups excluding carboxylic acids is 1. The highest BCUT2D eigenvalue weighted by Crippen LogP contribution is 2.23. The standard InChI is InChI=1S/C26H34N4O2S/c1-5-29(6-2)16-9-17-30-25(32)22-10-7-8-11-23(22)28-26(30)33-20(4)24(31)27-18-21-14-12-19(3)13-15-21/h7-8,10-15,20H,5-6,9,16-18H2,1-4H3,(H,27,31)/t20-/m1/s1. The Bertz CT molecular complexity index is 1120. The molecule has 1 amide bonds. The molecule has 0 fully saturated rings. The summed E-state index contributed by atoms with van der Waals surface area (Å²) in [5.74, 6) is -0.0716. The molecule has 1 atom stereocenters. The lowest BCUT2D eigenvalue weighted by molar-refractivity contribution is -0.120. The fourth-order valence-electron chi connectivity index (χ4n) is 3.68. The van der Waals surface area contributed by atoms with Gasteiger partial charge >= 0.3 is 0 Å². The van der Waals surface area contributed by atoms with Crippen LogP contribution in [0.2, 0.25) is 0 Å². The first-order chi connectivity index (χ1) is 15.9. The smallest absolute Gasteiger partial charge is 0.262 e. The number of amides is 1. The molecule has 33 heavy (non-hydrogen) atoms. The second-order valence-electron chi connectivity index (χ2n) is 8.21. The van der Waals surface area contributed by atoms with E-state index in [2.05, 4.69) is 24.1 Å². The van der Waals surface area contributed by atoms with E-state index in [0.29, 0.717) is 29.1 Å². The Kier molecular flexibility index (Phi) is 9.09. The molecular formula is C26H34N4O2S. The third-order valence-electron chi connectivity index (χ3n) is 5.82. The van der Waals surface area contributed by atoms with Crippen molar-refractivity contribution in [1.29, 1.82) is 0 Å². The van der Waals surface area contributed by atoms with Crippen LogP contribution in [0.15, 0.2) is 58.5 Å². The number of aromatic nitrogens is 2. The zero-order chi connectivity index (χ0) is 23.8. The van der Waals surface area contributed by atoms with E-state index >= 15 is 0 Å². The van der Waals surface area contributed by atoms with Gasteiger partial charge in [-0.15, -0.1) is 0 Å². The molecule has 3 aromatic rings. The maximum absolute atomic E-state index is 13.2. The first-order valence-electron chi connectivity index (χ1n) is 11.6. The van der Waals surface area contributed by atoms with Crippen LogP contribution in [0.4, 0.5) is 0 Å².